The van der Waals surface area contributed by atoms with Crippen molar-refractivity contribution in [3.63, 3.8) is 0 Å². The number of carbonyl (C=O) groups is 2. The van der Waals surface area contributed by atoms with Gasteiger partial charge in [0, 0.05) is 15.2 Å². The van der Waals surface area contributed by atoms with Crippen LogP contribution in [0.4, 0.5) is 5.69 Å². The van der Waals surface area contributed by atoms with E-state index in [2.05, 4.69) is 31.8 Å². The summed E-state index contributed by atoms with van der Waals surface area (Å²) in [5.74, 6) is 0.286. The van der Waals surface area contributed by atoms with Crippen molar-refractivity contribution in [2.75, 3.05) is 19.0 Å². The standard InChI is InChI=1S/C23H19BrClN3O4/c1-31-21-11-4-16(24)12-20(21)23(30)28-26-13-15-2-9-19(10-3-15)32-14-22(29)27-18-7-5-17(25)6-8-18/h2-13H,14H2,1H3,(H,27,29)(H,28,30)/b26-13-. The fourth-order valence-corrected chi connectivity index (χ4v) is 3.10. The summed E-state index contributed by atoms with van der Waals surface area (Å²) in [5, 5.41) is 7.28. The molecule has 2 amide bonds. The highest BCUT2D eigenvalue weighted by Gasteiger charge is 2.12. The Bertz CT molecular complexity index is 1120. The molecule has 0 bridgehead atoms. The summed E-state index contributed by atoms with van der Waals surface area (Å²) >= 11 is 9.15. The zero-order valence-corrected chi connectivity index (χ0v) is 19.3. The second kappa shape index (κ2) is 11.3. The fraction of sp³-hybridized carbons (Fsp3) is 0.0870. The third-order valence-electron chi connectivity index (χ3n) is 4.16. The van der Waals surface area contributed by atoms with Crippen LogP contribution in [0.1, 0.15) is 15.9 Å². The Hall–Kier alpha value is -3.36. The number of hydrogen-bond donors (Lipinski definition) is 2. The second-order valence-corrected chi connectivity index (χ2v) is 7.81. The number of rotatable bonds is 8. The minimum atomic E-state index is -0.397. The van der Waals surface area contributed by atoms with Crippen molar-refractivity contribution >= 4 is 51.2 Å². The van der Waals surface area contributed by atoms with Crippen molar-refractivity contribution in [2.45, 2.75) is 0 Å². The van der Waals surface area contributed by atoms with Gasteiger partial charge in [0.05, 0.1) is 18.9 Å². The van der Waals surface area contributed by atoms with Gasteiger partial charge >= 0.3 is 0 Å². The Labute approximate surface area is 198 Å². The largest absolute Gasteiger partial charge is 0.496 e. The van der Waals surface area contributed by atoms with E-state index in [1.807, 2.05) is 0 Å². The van der Waals surface area contributed by atoms with Crippen LogP contribution in [0.15, 0.2) is 76.3 Å². The molecule has 3 rings (SSSR count). The Kier molecular flexibility index (Phi) is 8.24. The van der Waals surface area contributed by atoms with Gasteiger partial charge in [-0.15, -0.1) is 0 Å². The summed E-state index contributed by atoms with van der Waals surface area (Å²) < 4.78 is 11.4. The van der Waals surface area contributed by atoms with Crippen molar-refractivity contribution in [3.05, 3.63) is 87.4 Å². The molecule has 9 heteroatoms. The molecule has 0 saturated carbocycles. The number of benzene rings is 3. The number of anilines is 1. The van der Waals surface area contributed by atoms with Gasteiger partial charge in [0.15, 0.2) is 6.61 Å². The normalized spacial score (nSPS) is 10.6. The van der Waals surface area contributed by atoms with Crippen molar-refractivity contribution in [1.29, 1.82) is 0 Å². The minimum Gasteiger partial charge on any atom is -0.496 e. The summed E-state index contributed by atoms with van der Waals surface area (Å²) in [6.07, 6.45) is 1.50. The number of nitrogens with zero attached hydrogens (tertiary/aromatic N) is 1. The molecule has 0 saturated heterocycles. The average molecular weight is 517 g/mol. The molecule has 0 spiro atoms. The Morgan fingerprint density at radius 2 is 1.78 bits per heavy atom. The molecule has 0 heterocycles. The number of methoxy groups -OCH3 is 1. The lowest BCUT2D eigenvalue weighted by Gasteiger charge is -2.08. The SMILES string of the molecule is COc1ccc(Br)cc1C(=O)N/N=C\c1ccc(OCC(=O)Nc2ccc(Cl)cc2)cc1. The molecule has 0 fully saturated rings. The molecule has 0 aliphatic carbocycles. The molecular formula is C23H19BrClN3O4. The molecule has 3 aromatic carbocycles. The van der Waals surface area contributed by atoms with Gasteiger partial charge in [-0.2, -0.15) is 5.10 Å². The van der Waals surface area contributed by atoms with E-state index in [-0.39, 0.29) is 12.5 Å². The van der Waals surface area contributed by atoms with Gasteiger partial charge in [-0.25, -0.2) is 5.43 Å². The van der Waals surface area contributed by atoms with E-state index >= 15 is 0 Å². The van der Waals surface area contributed by atoms with Crippen molar-refractivity contribution in [3.8, 4) is 11.5 Å². The van der Waals surface area contributed by atoms with Crippen LogP contribution >= 0.6 is 27.5 Å². The van der Waals surface area contributed by atoms with E-state index in [1.165, 1.54) is 13.3 Å². The summed E-state index contributed by atoms with van der Waals surface area (Å²) in [4.78, 5) is 24.3. The van der Waals surface area contributed by atoms with E-state index < -0.39 is 5.91 Å². The lowest BCUT2D eigenvalue weighted by atomic mass is 10.2. The van der Waals surface area contributed by atoms with Gasteiger partial charge in [-0.1, -0.05) is 27.5 Å². The quantitative estimate of drug-likeness (QED) is 0.329. The number of carbonyl (C=O) groups excluding carboxylic acids is 2. The number of hydrazone groups is 1. The van der Waals surface area contributed by atoms with Gasteiger partial charge in [-0.05, 0) is 72.3 Å². The smallest absolute Gasteiger partial charge is 0.275 e. The number of amides is 2. The highest BCUT2D eigenvalue weighted by molar-refractivity contribution is 9.10. The third kappa shape index (κ3) is 6.83. The van der Waals surface area contributed by atoms with Crippen LogP contribution in [0.2, 0.25) is 5.02 Å². The third-order valence-corrected chi connectivity index (χ3v) is 4.91. The summed E-state index contributed by atoms with van der Waals surface area (Å²) in [6.45, 7) is -0.138. The molecule has 0 radical (unpaired) electrons. The van der Waals surface area contributed by atoms with Gasteiger partial charge in [0.2, 0.25) is 0 Å². The first-order valence-electron chi connectivity index (χ1n) is 9.40. The van der Waals surface area contributed by atoms with Crippen LogP contribution < -0.4 is 20.2 Å². The topological polar surface area (TPSA) is 89.0 Å². The summed E-state index contributed by atoms with van der Waals surface area (Å²) in [6, 6.07) is 18.8. The highest BCUT2D eigenvalue weighted by Crippen LogP contribution is 2.22. The van der Waals surface area contributed by atoms with Gasteiger partial charge in [-0.3, -0.25) is 9.59 Å². The van der Waals surface area contributed by atoms with Crippen molar-refractivity contribution in [2.24, 2.45) is 5.10 Å². The predicted molar refractivity (Wildman–Crippen MR) is 128 cm³/mol. The highest BCUT2D eigenvalue weighted by atomic mass is 79.9. The second-order valence-electron chi connectivity index (χ2n) is 6.46. The van der Waals surface area contributed by atoms with E-state index in [0.717, 1.165) is 10.0 Å². The maximum Gasteiger partial charge on any atom is 0.275 e. The number of hydrogen-bond acceptors (Lipinski definition) is 5. The molecule has 0 aromatic heterocycles. The summed E-state index contributed by atoms with van der Waals surface area (Å²) in [7, 11) is 1.49. The van der Waals surface area contributed by atoms with Crippen molar-refractivity contribution in [1.82, 2.24) is 5.43 Å². The molecule has 7 nitrogen and oxygen atoms in total. The van der Waals surface area contributed by atoms with Gasteiger partial charge in [0.1, 0.15) is 11.5 Å². The molecule has 32 heavy (non-hydrogen) atoms. The molecule has 0 unspecified atom stereocenters. The lowest BCUT2D eigenvalue weighted by Crippen LogP contribution is -2.20. The fourth-order valence-electron chi connectivity index (χ4n) is 2.61. The zero-order chi connectivity index (χ0) is 22.9. The molecule has 0 aliphatic heterocycles. The Morgan fingerprint density at radius 1 is 1.06 bits per heavy atom. The molecule has 0 aliphatic rings. The predicted octanol–water partition coefficient (Wildman–Crippen LogP) is 4.89. The van der Waals surface area contributed by atoms with Crippen LogP contribution in [0, 0.1) is 0 Å². The first kappa shape index (κ1) is 23.3. The monoisotopic (exact) mass is 515 g/mol. The molecule has 0 atom stereocenters. The molecule has 2 N–H and O–H groups in total. The van der Waals surface area contributed by atoms with Crippen molar-refractivity contribution < 1.29 is 19.1 Å². The van der Waals surface area contributed by atoms with E-state index in [0.29, 0.717) is 27.8 Å². The number of ether oxygens (including phenoxy) is 2. The zero-order valence-electron chi connectivity index (χ0n) is 17.0. The molecule has 164 valence electrons. The first-order chi connectivity index (χ1) is 15.4. The van der Waals surface area contributed by atoms with Crippen LogP contribution in [0.5, 0.6) is 11.5 Å². The number of halogens is 2. The lowest BCUT2D eigenvalue weighted by molar-refractivity contribution is -0.118. The van der Waals surface area contributed by atoms with E-state index in [4.69, 9.17) is 21.1 Å². The first-order valence-corrected chi connectivity index (χ1v) is 10.6. The van der Waals surface area contributed by atoms with Crippen LogP contribution in [0.3, 0.4) is 0 Å². The molecular weight excluding hydrogens is 498 g/mol. The minimum absolute atomic E-state index is 0.138. The Morgan fingerprint density at radius 3 is 2.47 bits per heavy atom. The average Bonchev–Trinajstić information content (AvgIpc) is 2.80. The maximum absolute atomic E-state index is 12.3. The van der Waals surface area contributed by atoms with Crippen LogP contribution in [-0.4, -0.2) is 31.7 Å². The summed E-state index contributed by atoms with van der Waals surface area (Å²) in [5.41, 5.74) is 4.21. The van der Waals surface area contributed by atoms with Crippen LogP contribution in [0.25, 0.3) is 0 Å². The Balaban J connectivity index is 1.49. The molecule has 3 aromatic rings. The van der Waals surface area contributed by atoms with Gasteiger partial charge in [0.25, 0.3) is 11.8 Å². The van der Waals surface area contributed by atoms with Crippen LogP contribution in [-0.2, 0) is 4.79 Å². The number of nitrogens with one attached hydrogen (secondary N) is 2. The maximum atomic E-state index is 12.3. The van der Waals surface area contributed by atoms with Gasteiger partial charge < -0.3 is 14.8 Å². The van der Waals surface area contributed by atoms with E-state index in [1.54, 1.807) is 66.7 Å². The van der Waals surface area contributed by atoms with E-state index in [9.17, 15) is 9.59 Å².